The predicted octanol–water partition coefficient (Wildman–Crippen LogP) is 3.87. The van der Waals surface area contributed by atoms with Gasteiger partial charge in [0.15, 0.2) is 5.13 Å². The fourth-order valence-electron chi connectivity index (χ4n) is 3.73. The van der Waals surface area contributed by atoms with E-state index in [0.717, 1.165) is 5.56 Å². The molecular weight excluding hydrogens is 462 g/mol. The van der Waals surface area contributed by atoms with Crippen LogP contribution in [0.25, 0.3) is 11.3 Å². The number of para-hydroxylation sites is 1. The third-order valence-electron chi connectivity index (χ3n) is 5.25. The summed E-state index contributed by atoms with van der Waals surface area (Å²) in [6.45, 7) is 4.30. The van der Waals surface area contributed by atoms with Gasteiger partial charge in [-0.15, -0.1) is 11.3 Å². The van der Waals surface area contributed by atoms with Crippen LogP contribution < -0.4 is 10.1 Å². The first kappa shape index (κ1) is 23.4. The lowest BCUT2D eigenvalue weighted by atomic mass is 10.1. The third-order valence-corrected chi connectivity index (χ3v) is 7.85. The van der Waals surface area contributed by atoms with Crippen molar-refractivity contribution in [2.24, 2.45) is 0 Å². The van der Waals surface area contributed by atoms with Crippen LogP contribution in [-0.2, 0) is 14.8 Å². The number of anilines is 1. The number of aromatic nitrogens is 1. The summed E-state index contributed by atoms with van der Waals surface area (Å²) in [4.78, 5) is 17.3. The first-order valence-electron chi connectivity index (χ1n) is 10.4. The first-order chi connectivity index (χ1) is 15.8. The van der Waals surface area contributed by atoms with E-state index in [9.17, 15) is 13.2 Å². The Bertz CT molecular complexity index is 1230. The summed E-state index contributed by atoms with van der Waals surface area (Å²) in [5.41, 5.74) is 1.87. The smallest absolute Gasteiger partial charge is 0.257 e. The molecule has 2 aromatic carbocycles. The number of benzene rings is 2. The number of nitrogens with one attached hydrogen (secondary N) is 1. The maximum atomic E-state index is 13.0. The average molecular weight is 488 g/mol. The van der Waals surface area contributed by atoms with Crippen LogP contribution in [0.15, 0.2) is 58.8 Å². The highest BCUT2D eigenvalue weighted by atomic mass is 32.2. The van der Waals surface area contributed by atoms with E-state index in [2.05, 4.69) is 10.3 Å². The first-order valence-corrected chi connectivity index (χ1v) is 12.8. The molecule has 1 amide bonds. The molecule has 33 heavy (non-hydrogen) atoms. The molecule has 0 radical (unpaired) electrons. The molecule has 1 aromatic heterocycles. The van der Waals surface area contributed by atoms with Crippen LogP contribution in [0.3, 0.4) is 0 Å². The van der Waals surface area contributed by atoms with Gasteiger partial charge in [-0.05, 0) is 50.2 Å². The van der Waals surface area contributed by atoms with E-state index in [1.54, 1.807) is 7.11 Å². The molecule has 8 nitrogen and oxygen atoms in total. The van der Waals surface area contributed by atoms with Gasteiger partial charge in [-0.3, -0.25) is 10.1 Å². The zero-order valence-corrected chi connectivity index (χ0v) is 20.2. The van der Waals surface area contributed by atoms with E-state index in [-0.39, 0.29) is 23.0 Å². The molecule has 1 aliphatic heterocycles. The van der Waals surface area contributed by atoms with E-state index in [0.29, 0.717) is 35.2 Å². The average Bonchev–Trinajstić information content (AvgIpc) is 3.26. The second-order valence-electron chi connectivity index (χ2n) is 7.80. The molecule has 2 unspecified atom stereocenters. The zero-order chi connectivity index (χ0) is 23.6. The van der Waals surface area contributed by atoms with Crippen molar-refractivity contribution in [3.05, 3.63) is 59.5 Å². The minimum atomic E-state index is -3.66. The Morgan fingerprint density at radius 3 is 2.45 bits per heavy atom. The van der Waals surface area contributed by atoms with Crippen molar-refractivity contribution in [3.63, 3.8) is 0 Å². The number of carbonyl (C=O) groups excluding carboxylic acids is 1. The van der Waals surface area contributed by atoms with Crippen LogP contribution in [0.1, 0.15) is 24.2 Å². The van der Waals surface area contributed by atoms with E-state index < -0.39 is 10.0 Å². The van der Waals surface area contributed by atoms with Crippen LogP contribution in [0, 0.1) is 0 Å². The fourth-order valence-corrected chi connectivity index (χ4v) is 6.03. The number of nitrogens with zero attached hydrogens (tertiary/aromatic N) is 2. The monoisotopic (exact) mass is 487 g/mol. The normalized spacial score (nSPS) is 19.2. The highest BCUT2D eigenvalue weighted by Crippen LogP contribution is 2.32. The van der Waals surface area contributed by atoms with Crippen LogP contribution in [0.2, 0.25) is 0 Å². The van der Waals surface area contributed by atoms with Crippen molar-refractivity contribution < 1.29 is 22.7 Å². The van der Waals surface area contributed by atoms with Gasteiger partial charge in [-0.2, -0.15) is 4.31 Å². The Kier molecular flexibility index (Phi) is 6.80. The minimum Gasteiger partial charge on any atom is -0.496 e. The van der Waals surface area contributed by atoms with Gasteiger partial charge < -0.3 is 9.47 Å². The largest absolute Gasteiger partial charge is 0.496 e. The lowest BCUT2D eigenvalue weighted by Gasteiger charge is -2.34. The van der Waals surface area contributed by atoms with Crippen LogP contribution in [-0.4, -0.2) is 56.0 Å². The zero-order valence-electron chi connectivity index (χ0n) is 18.5. The van der Waals surface area contributed by atoms with Gasteiger partial charge in [0.25, 0.3) is 5.91 Å². The molecule has 3 aromatic rings. The van der Waals surface area contributed by atoms with E-state index >= 15 is 0 Å². The maximum Gasteiger partial charge on any atom is 0.257 e. The van der Waals surface area contributed by atoms with Crippen molar-refractivity contribution in [2.75, 3.05) is 25.5 Å². The SMILES string of the molecule is COc1ccccc1-c1csc(NC(=O)c2ccc(S(=O)(=O)N3CC(C)OC(C)C3)cc2)n1. The van der Waals surface area contributed by atoms with E-state index in [4.69, 9.17) is 9.47 Å². The second-order valence-corrected chi connectivity index (χ2v) is 10.6. The molecule has 10 heteroatoms. The molecule has 2 heterocycles. The quantitative estimate of drug-likeness (QED) is 0.567. The molecule has 0 bridgehead atoms. The van der Waals surface area contributed by atoms with Crippen molar-refractivity contribution in [2.45, 2.75) is 31.0 Å². The number of rotatable bonds is 6. The van der Waals surface area contributed by atoms with Crippen molar-refractivity contribution in [1.82, 2.24) is 9.29 Å². The number of sulfonamides is 1. The summed E-state index contributed by atoms with van der Waals surface area (Å²) < 4.78 is 38.4. The summed E-state index contributed by atoms with van der Waals surface area (Å²) in [5.74, 6) is 0.329. The molecule has 1 saturated heterocycles. The Hall–Kier alpha value is -2.79. The molecule has 0 saturated carbocycles. The Morgan fingerprint density at radius 1 is 1.12 bits per heavy atom. The minimum absolute atomic E-state index is 0.146. The van der Waals surface area contributed by atoms with Gasteiger partial charge >= 0.3 is 0 Å². The number of thiazole rings is 1. The van der Waals surface area contributed by atoms with Gasteiger partial charge in [0.05, 0.1) is 29.9 Å². The summed E-state index contributed by atoms with van der Waals surface area (Å²) >= 11 is 1.30. The summed E-state index contributed by atoms with van der Waals surface area (Å²) in [6.07, 6.45) is -0.347. The van der Waals surface area contributed by atoms with Gasteiger partial charge in [-0.1, -0.05) is 12.1 Å². The lowest BCUT2D eigenvalue weighted by Crippen LogP contribution is -2.48. The number of carbonyl (C=O) groups is 1. The summed E-state index contributed by atoms with van der Waals surface area (Å²) in [7, 11) is -2.07. The van der Waals surface area contributed by atoms with Gasteiger partial charge in [0.1, 0.15) is 5.75 Å². The lowest BCUT2D eigenvalue weighted by molar-refractivity contribution is -0.0440. The second kappa shape index (κ2) is 9.60. The maximum absolute atomic E-state index is 13.0. The Labute approximate surface area is 197 Å². The Morgan fingerprint density at radius 2 is 1.79 bits per heavy atom. The van der Waals surface area contributed by atoms with Crippen LogP contribution in [0.5, 0.6) is 5.75 Å². The number of hydrogen-bond acceptors (Lipinski definition) is 7. The summed E-state index contributed by atoms with van der Waals surface area (Å²) in [5, 5.41) is 5.05. The molecule has 1 aliphatic rings. The van der Waals surface area contributed by atoms with Gasteiger partial charge in [0.2, 0.25) is 10.0 Å². The number of hydrogen-bond donors (Lipinski definition) is 1. The molecule has 0 aliphatic carbocycles. The highest BCUT2D eigenvalue weighted by molar-refractivity contribution is 7.89. The number of methoxy groups -OCH3 is 1. The number of ether oxygens (including phenoxy) is 2. The fraction of sp³-hybridized carbons (Fsp3) is 0.304. The molecule has 4 rings (SSSR count). The molecule has 2 atom stereocenters. The number of morpholine rings is 1. The van der Waals surface area contributed by atoms with Crippen LogP contribution in [0.4, 0.5) is 5.13 Å². The van der Waals surface area contributed by atoms with Gasteiger partial charge in [0, 0.05) is 29.6 Å². The molecular formula is C23H25N3O5S2. The number of amides is 1. The van der Waals surface area contributed by atoms with Crippen molar-refractivity contribution in [3.8, 4) is 17.0 Å². The molecule has 1 fully saturated rings. The third kappa shape index (κ3) is 5.09. The van der Waals surface area contributed by atoms with Crippen molar-refractivity contribution in [1.29, 1.82) is 0 Å². The topological polar surface area (TPSA) is 97.8 Å². The van der Waals surface area contributed by atoms with E-state index in [1.807, 2.05) is 43.5 Å². The molecule has 0 spiro atoms. The van der Waals surface area contributed by atoms with Gasteiger partial charge in [-0.25, -0.2) is 13.4 Å². The predicted molar refractivity (Wildman–Crippen MR) is 127 cm³/mol. The van der Waals surface area contributed by atoms with E-state index in [1.165, 1.54) is 39.9 Å². The summed E-state index contributed by atoms with van der Waals surface area (Å²) in [6, 6.07) is 13.4. The van der Waals surface area contributed by atoms with Crippen LogP contribution >= 0.6 is 11.3 Å². The highest BCUT2D eigenvalue weighted by Gasteiger charge is 2.32. The Balaban J connectivity index is 1.47. The molecule has 174 valence electrons. The van der Waals surface area contributed by atoms with Crippen molar-refractivity contribution >= 4 is 32.4 Å². The standard InChI is InChI=1S/C23H25N3O5S2/c1-15-12-26(13-16(2)31-15)33(28,29)18-10-8-17(9-11-18)22(27)25-23-24-20(14-32-23)19-6-4-5-7-21(19)30-3/h4-11,14-16H,12-13H2,1-3H3,(H,24,25,27). The molecule has 1 N–H and O–H groups in total.